The number of hydrogen-bond donors (Lipinski definition) is 0. The Morgan fingerprint density at radius 3 is 1.71 bits per heavy atom. The van der Waals surface area contributed by atoms with E-state index in [-0.39, 0.29) is 5.97 Å². The minimum Gasteiger partial charge on any atom is -0.461 e. The van der Waals surface area contributed by atoms with Crippen molar-refractivity contribution >= 4 is 5.97 Å². The number of esters is 1. The van der Waals surface area contributed by atoms with Gasteiger partial charge in [-0.1, -0.05) is 60.8 Å². The lowest BCUT2D eigenvalue weighted by molar-refractivity contribution is -0.143. The van der Waals surface area contributed by atoms with Crippen LogP contribution >= 0.6 is 0 Å². The first-order chi connectivity index (χ1) is 13.2. The van der Waals surface area contributed by atoms with E-state index < -0.39 is 0 Å². The van der Waals surface area contributed by atoms with E-state index in [1.54, 1.807) is 0 Å². The molecule has 2 nitrogen and oxygen atoms in total. The molecule has 1 atom stereocenters. The Morgan fingerprint density at radius 1 is 0.786 bits per heavy atom. The SMILES string of the molecule is CCC(C)CC(=O)OC/C=C(\C)CC/C=C(\C)CC/C=C(\C)CCC=C(C)C. The molecule has 0 amide bonds. The van der Waals surface area contributed by atoms with E-state index >= 15 is 0 Å². The smallest absolute Gasteiger partial charge is 0.306 e. The van der Waals surface area contributed by atoms with Crippen molar-refractivity contribution in [1.29, 1.82) is 0 Å². The third-order valence-electron chi connectivity index (χ3n) is 5.04. The van der Waals surface area contributed by atoms with Gasteiger partial charge in [0.25, 0.3) is 0 Å². The van der Waals surface area contributed by atoms with E-state index in [0.29, 0.717) is 18.9 Å². The zero-order valence-electron chi connectivity index (χ0n) is 19.6. The Bertz CT molecular complexity index is 557. The quantitative estimate of drug-likeness (QED) is 0.222. The average Bonchev–Trinajstić information content (AvgIpc) is 2.61. The van der Waals surface area contributed by atoms with Crippen molar-refractivity contribution in [2.24, 2.45) is 5.92 Å². The van der Waals surface area contributed by atoms with E-state index in [0.717, 1.165) is 38.5 Å². The maximum atomic E-state index is 11.7. The average molecular weight is 389 g/mol. The molecule has 0 rings (SSSR count). The number of carbonyl (C=O) groups excluding carboxylic acids is 1. The van der Waals surface area contributed by atoms with Gasteiger partial charge in [-0.05, 0) is 85.1 Å². The number of carbonyl (C=O) groups is 1. The summed E-state index contributed by atoms with van der Waals surface area (Å²) in [6.45, 7) is 15.5. The van der Waals surface area contributed by atoms with Crippen LogP contribution in [0.3, 0.4) is 0 Å². The van der Waals surface area contributed by atoms with Gasteiger partial charge in [0.1, 0.15) is 6.61 Å². The van der Waals surface area contributed by atoms with Crippen molar-refractivity contribution in [3.05, 3.63) is 46.6 Å². The normalized spacial score (nSPS) is 14.0. The fourth-order valence-electron chi connectivity index (χ4n) is 2.75. The highest BCUT2D eigenvalue weighted by molar-refractivity contribution is 5.69. The van der Waals surface area contributed by atoms with Crippen LogP contribution in [0.25, 0.3) is 0 Å². The highest BCUT2D eigenvalue weighted by Gasteiger charge is 2.07. The van der Waals surface area contributed by atoms with Crippen LogP contribution < -0.4 is 0 Å². The maximum absolute atomic E-state index is 11.7. The molecule has 0 radical (unpaired) electrons. The van der Waals surface area contributed by atoms with Gasteiger partial charge >= 0.3 is 5.97 Å². The van der Waals surface area contributed by atoms with E-state index in [2.05, 4.69) is 66.7 Å². The third kappa shape index (κ3) is 16.6. The summed E-state index contributed by atoms with van der Waals surface area (Å²) in [5, 5.41) is 0. The Morgan fingerprint density at radius 2 is 1.25 bits per heavy atom. The fraction of sp³-hybridized carbons (Fsp3) is 0.654. The molecule has 0 fully saturated rings. The predicted octanol–water partition coefficient (Wildman–Crippen LogP) is 8.11. The summed E-state index contributed by atoms with van der Waals surface area (Å²) in [5.74, 6) is 0.319. The summed E-state index contributed by atoms with van der Waals surface area (Å²) in [7, 11) is 0. The molecule has 0 aromatic heterocycles. The molecule has 0 aliphatic heterocycles. The first-order valence-electron chi connectivity index (χ1n) is 11.0. The summed E-state index contributed by atoms with van der Waals surface area (Å²) >= 11 is 0. The van der Waals surface area contributed by atoms with E-state index in [1.807, 2.05) is 6.08 Å². The second kappa shape index (κ2) is 16.4. The van der Waals surface area contributed by atoms with Gasteiger partial charge in [0.2, 0.25) is 0 Å². The van der Waals surface area contributed by atoms with Gasteiger partial charge in [-0.3, -0.25) is 4.79 Å². The van der Waals surface area contributed by atoms with Crippen LogP contribution in [-0.4, -0.2) is 12.6 Å². The Hall–Kier alpha value is -1.57. The molecule has 1 unspecified atom stereocenters. The molecule has 0 aliphatic carbocycles. The monoisotopic (exact) mass is 388 g/mol. The molecule has 0 saturated carbocycles. The molecule has 2 heteroatoms. The highest BCUT2D eigenvalue weighted by Crippen LogP contribution is 2.13. The van der Waals surface area contributed by atoms with Crippen molar-refractivity contribution in [3.8, 4) is 0 Å². The van der Waals surface area contributed by atoms with Crippen LogP contribution in [0.5, 0.6) is 0 Å². The number of ether oxygens (including phenoxy) is 1. The molecular formula is C26H44O2. The molecule has 0 aliphatic rings. The lowest BCUT2D eigenvalue weighted by Gasteiger charge is -2.07. The molecule has 0 spiro atoms. The minimum absolute atomic E-state index is 0.0849. The third-order valence-corrected chi connectivity index (χ3v) is 5.04. The molecule has 0 aromatic rings. The largest absolute Gasteiger partial charge is 0.461 e. The summed E-state index contributed by atoms with van der Waals surface area (Å²) in [6, 6.07) is 0. The topological polar surface area (TPSA) is 26.3 Å². The van der Waals surface area contributed by atoms with Crippen LogP contribution in [-0.2, 0) is 9.53 Å². The Kier molecular flexibility index (Phi) is 15.5. The summed E-state index contributed by atoms with van der Waals surface area (Å²) in [5.41, 5.74) is 5.64. The predicted molar refractivity (Wildman–Crippen MR) is 123 cm³/mol. The summed E-state index contributed by atoms with van der Waals surface area (Å²) < 4.78 is 5.29. The maximum Gasteiger partial charge on any atom is 0.306 e. The van der Waals surface area contributed by atoms with E-state index in [1.165, 1.54) is 28.7 Å². The van der Waals surface area contributed by atoms with Gasteiger partial charge < -0.3 is 4.74 Å². The van der Waals surface area contributed by atoms with Gasteiger partial charge in [-0.2, -0.15) is 0 Å². The molecule has 0 aromatic carbocycles. The molecular weight excluding hydrogens is 344 g/mol. The number of allylic oxidation sites excluding steroid dienone is 7. The van der Waals surface area contributed by atoms with Gasteiger partial charge in [-0.25, -0.2) is 0 Å². The van der Waals surface area contributed by atoms with Crippen molar-refractivity contribution < 1.29 is 9.53 Å². The van der Waals surface area contributed by atoms with Crippen LogP contribution in [0.1, 0.15) is 99.8 Å². The van der Waals surface area contributed by atoms with Gasteiger partial charge in [0, 0.05) is 6.42 Å². The van der Waals surface area contributed by atoms with Crippen molar-refractivity contribution in [3.63, 3.8) is 0 Å². The molecule has 28 heavy (non-hydrogen) atoms. The Labute approximate surface area is 174 Å². The summed E-state index contributed by atoms with van der Waals surface area (Å²) in [4.78, 5) is 11.7. The van der Waals surface area contributed by atoms with E-state index in [9.17, 15) is 4.79 Å². The molecule has 0 heterocycles. The standard InChI is InChI=1S/C26H44O2/c1-8-22(4)20-26(27)28-19-18-25(7)17-11-16-24(6)15-10-14-23(5)13-9-12-21(2)3/h12,14,16,18,22H,8-11,13,15,17,19-20H2,1-7H3/b23-14+,24-16+,25-18+. The fourth-order valence-corrected chi connectivity index (χ4v) is 2.75. The lowest BCUT2D eigenvalue weighted by atomic mass is 10.0. The molecule has 160 valence electrons. The van der Waals surface area contributed by atoms with Crippen LogP contribution in [0.4, 0.5) is 0 Å². The van der Waals surface area contributed by atoms with Gasteiger partial charge in [-0.15, -0.1) is 0 Å². The van der Waals surface area contributed by atoms with Crippen LogP contribution in [0.15, 0.2) is 46.6 Å². The minimum atomic E-state index is -0.0849. The first-order valence-corrected chi connectivity index (χ1v) is 11.0. The Balaban J connectivity index is 4.03. The van der Waals surface area contributed by atoms with E-state index in [4.69, 9.17) is 4.74 Å². The molecule has 0 N–H and O–H groups in total. The van der Waals surface area contributed by atoms with Gasteiger partial charge in [0.15, 0.2) is 0 Å². The highest BCUT2D eigenvalue weighted by atomic mass is 16.5. The van der Waals surface area contributed by atoms with Gasteiger partial charge in [0.05, 0.1) is 0 Å². The van der Waals surface area contributed by atoms with Crippen molar-refractivity contribution in [2.75, 3.05) is 6.61 Å². The molecule has 0 bridgehead atoms. The van der Waals surface area contributed by atoms with Crippen molar-refractivity contribution in [1.82, 2.24) is 0 Å². The van der Waals surface area contributed by atoms with Crippen molar-refractivity contribution in [2.45, 2.75) is 99.8 Å². The zero-order chi connectivity index (χ0) is 21.4. The second-order valence-corrected chi connectivity index (χ2v) is 8.45. The number of hydrogen-bond acceptors (Lipinski definition) is 2. The zero-order valence-corrected chi connectivity index (χ0v) is 19.6. The number of rotatable bonds is 14. The second-order valence-electron chi connectivity index (χ2n) is 8.45. The van der Waals surface area contributed by atoms with Crippen LogP contribution in [0.2, 0.25) is 0 Å². The molecule has 0 saturated heterocycles. The lowest BCUT2D eigenvalue weighted by Crippen LogP contribution is -2.09. The van der Waals surface area contributed by atoms with Crippen LogP contribution in [0, 0.1) is 5.92 Å². The first kappa shape index (κ1) is 26.4. The summed E-state index contributed by atoms with van der Waals surface area (Å²) in [6.07, 6.45) is 17.3.